The van der Waals surface area contributed by atoms with Gasteiger partial charge < -0.3 is 14.4 Å². The predicted octanol–water partition coefficient (Wildman–Crippen LogP) is 5.28. The lowest BCUT2D eigenvalue weighted by Crippen LogP contribution is -1.96. The first-order valence-electron chi connectivity index (χ1n) is 8.71. The number of nitrogens with zero attached hydrogens (tertiary/aromatic N) is 1. The summed E-state index contributed by atoms with van der Waals surface area (Å²) in [6.45, 7) is 2.90. The number of carboxylic acid groups (broad SMARTS) is 1. The molecule has 0 unspecified atom stereocenters. The molecule has 0 aliphatic carbocycles. The van der Waals surface area contributed by atoms with Gasteiger partial charge in [0.15, 0.2) is 5.76 Å². The summed E-state index contributed by atoms with van der Waals surface area (Å²) in [5.74, 6) is 0.487. The Labute approximate surface area is 152 Å². The maximum Gasteiger partial charge on any atom is 0.335 e. The molecule has 5 heteroatoms. The monoisotopic (exact) mass is 351 g/mol. The molecule has 0 spiro atoms. The van der Waals surface area contributed by atoms with Crippen LogP contribution < -0.4 is 4.74 Å². The number of hydrogen-bond acceptors (Lipinski definition) is 4. The van der Waals surface area contributed by atoms with Crippen LogP contribution in [0.25, 0.3) is 22.6 Å². The van der Waals surface area contributed by atoms with Crippen LogP contribution in [0.3, 0.4) is 0 Å². The molecule has 1 N–H and O–H groups in total. The van der Waals surface area contributed by atoms with E-state index in [4.69, 9.17) is 14.4 Å². The Morgan fingerprint density at radius 3 is 2.38 bits per heavy atom. The maximum absolute atomic E-state index is 10.9. The highest BCUT2D eigenvalue weighted by molar-refractivity contribution is 5.88. The van der Waals surface area contributed by atoms with Gasteiger partial charge in [0.1, 0.15) is 11.4 Å². The van der Waals surface area contributed by atoms with E-state index in [1.807, 2.05) is 30.3 Å². The maximum atomic E-state index is 10.9. The number of carbonyl (C=O) groups is 1. The Morgan fingerprint density at radius 1 is 1.04 bits per heavy atom. The van der Waals surface area contributed by atoms with Crippen LogP contribution in [0.4, 0.5) is 0 Å². The first-order valence-corrected chi connectivity index (χ1v) is 8.71. The Balaban J connectivity index is 1.68. The predicted molar refractivity (Wildman–Crippen MR) is 99.4 cm³/mol. The smallest absolute Gasteiger partial charge is 0.335 e. The summed E-state index contributed by atoms with van der Waals surface area (Å²) in [7, 11) is 0. The van der Waals surface area contributed by atoms with Gasteiger partial charge in [-0.3, -0.25) is 0 Å². The molecule has 0 saturated carbocycles. The molecule has 0 fully saturated rings. The van der Waals surface area contributed by atoms with E-state index in [1.165, 1.54) is 12.8 Å². The second-order valence-corrected chi connectivity index (χ2v) is 6.04. The van der Waals surface area contributed by atoms with Crippen LogP contribution in [0.1, 0.15) is 36.5 Å². The number of hydrogen-bond donors (Lipinski definition) is 1. The highest BCUT2D eigenvalue weighted by Crippen LogP contribution is 2.27. The molecule has 1 heterocycles. The number of rotatable bonds is 8. The number of unbranched alkanes of at least 4 members (excludes halogenated alkanes) is 2. The first-order chi connectivity index (χ1) is 12.7. The van der Waals surface area contributed by atoms with Crippen molar-refractivity contribution in [2.45, 2.75) is 26.2 Å². The molecular formula is C21H21NO4. The van der Waals surface area contributed by atoms with Gasteiger partial charge in [-0.15, -0.1) is 0 Å². The van der Waals surface area contributed by atoms with Gasteiger partial charge >= 0.3 is 5.97 Å². The molecule has 26 heavy (non-hydrogen) atoms. The molecule has 0 bridgehead atoms. The van der Waals surface area contributed by atoms with Crippen molar-refractivity contribution in [1.82, 2.24) is 5.16 Å². The summed E-state index contributed by atoms with van der Waals surface area (Å²) in [5, 5.41) is 13.1. The van der Waals surface area contributed by atoms with Crippen molar-refractivity contribution in [1.29, 1.82) is 0 Å². The first kappa shape index (κ1) is 17.7. The van der Waals surface area contributed by atoms with E-state index >= 15 is 0 Å². The van der Waals surface area contributed by atoms with Gasteiger partial charge in [0.2, 0.25) is 0 Å². The number of benzene rings is 2. The minimum absolute atomic E-state index is 0.239. The molecule has 0 saturated heterocycles. The fraction of sp³-hybridized carbons (Fsp3) is 0.238. The van der Waals surface area contributed by atoms with Crippen LogP contribution in [0.5, 0.6) is 5.75 Å². The number of aromatic nitrogens is 1. The molecule has 3 rings (SSSR count). The second kappa shape index (κ2) is 8.34. The summed E-state index contributed by atoms with van der Waals surface area (Å²) in [6.07, 6.45) is 3.41. The number of aromatic carboxylic acids is 1. The van der Waals surface area contributed by atoms with Crippen LogP contribution in [-0.2, 0) is 0 Å². The van der Waals surface area contributed by atoms with Gasteiger partial charge in [0.05, 0.1) is 12.2 Å². The zero-order chi connectivity index (χ0) is 18.4. The normalized spacial score (nSPS) is 10.7. The van der Waals surface area contributed by atoms with E-state index in [-0.39, 0.29) is 5.56 Å². The van der Waals surface area contributed by atoms with Crippen LogP contribution in [0, 0.1) is 0 Å². The van der Waals surface area contributed by atoms with Gasteiger partial charge in [0, 0.05) is 17.2 Å². The van der Waals surface area contributed by atoms with Gasteiger partial charge in [-0.1, -0.05) is 37.1 Å². The number of carboxylic acids is 1. The van der Waals surface area contributed by atoms with E-state index in [0.29, 0.717) is 5.76 Å². The van der Waals surface area contributed by atoms with Crippen molar-refractivity contribution in [2.75, 3.05) is 6.61 Å². The highest BCUT2D eigenvalue weighted by Gasteiger charge is 2.10. The zero-order valence-electron chi connectivity index (χ0n) is 14.6. The molecule has 0 aliphatic heterocycles. The van der Waals surface area contributed by atoms with Crippen molar-refractivity contribution in [3.8, 4) is 28.3 Å². The van der Waals surface area contributed by atoms with E-state index in [1.54, 1.807) is 24.3 Å². The Hall–Kier alpha value is -3.08. The summed E-state index contributed by atoms with van der Waals surface area (Å²) in [5.41, 5.74) is 2.68. The molecular weight excluding hydrogens is 330 g/mol. The molecule has 0 radical (unpaired) electrons. The van der Waals surface area contributed by atoms with E-state index in [0.717, 1.165) is 35.6 Å². The molecule has 0 atom stereocenters. The van der Waals surface area contributed by atoms with E-state index < -0.39 is 5.97 Å². The van der Waals surface area contributed by atoms with Crippen molar-refractivity contribution in [3.05, 3.63) is 60.2 Å². The van der Waals surface area contributed by atoms with Crippen molar-refractivity contribution >= 4 is 5.97 Å². The van der Waals surface area contributed by atoms with Crippen LogP contribution >= 0.6 is 0 Å². The Kier molecular flexibility index (Phi) is 5.69. The SMILES string of the molecule is CCCCCOc1ccc(-c2cc(-c3ccc(C(=O)O)cc3)on2)cc1. The molecule has 0 aliphatic rings. The summed E-state index contributed by atoms with van der Waals surface area (Å²) in [4.78, 5) is 10.9. The lowest BCUT2D eigenvalue weighted by molar-refractivity contribution is 0.0697. The third-order valence-electron chi connectivity index (χ3n) is 4.09. The second-order valence-electron chi connectivity index (χ2n) is 6.04. The molecule has 0 amide bonds. The zero-order valence-corrected chi connectivity index (χ0v) is 14.6. The highest BCUT2D eigenvalue weighted by atomic mass is 16.5. The molecule has 3 aromatic rings. The summed E-state index contributed by atoms with van der Waals surface area (Å²) >= 11 is 0. The molecule has 134 valence electrons. The van der Waals surface area contributed by atoms with Gasteiger partial charge in [-0.25, -0.2) is 4.79 Å². The Bertz CT molecular complexity index is 850. The van der Waals surface area contributed by atoms with Crippen LogP contribution in [0.15, 0.2) is 59.1 Å². The van der Waals surface area contributed by atoms with Crippen molar-refractivity contribution < 1.29 is 19.2 Å². The fourth-order valence-corrected chi connectivity index (χ4v) is 2.59. The fourth-order valence-electron chi connectivity index (χ4n) is 2.59. The lowest BCUT2D eigenvalue weighted by atomic mass is 10.1. The minimum atomic E-state index is -0.952. The van der Waals surface area contributed by atoms with Crippen LogP contribution in [0.2, 0.25) is 0 Å². The van der Waals surface area contributed by atoms with Gasteiger partial charge in [-0.2, -0.15) is 0 Å². The Morgan fingerprint density at radius 2 is 1.73 bits per heavy atom. The quantitative estimate of drug-likeness (QED) is 0.559. The third-order valence-corrected chi connectivity index (χ3v) is 4.09. The minimum Gasteiger partial charge on any atom is -0.494 e. The van der Waals surface area contributed by atoms with E-state index in [2.05, 4.69) is 12.1 Å². The average Bonchev–Trinajstić information content (AvgIpc) is 3.16. The van der Waals surface area contributed by atoms with E-state index in [9.17, 15) is 4.79 Å². The molecule has 1 aromatic heterocycles. The summed E-state index contributed by atoms with van der Waals surface area (Å²) < 4.78 is 11.1. The lowest BCUT2D eigenvalue weighted by Gasteiger charge is -2.05. The van der Waals surface area contributed by atoms with Crippen molar-refractivity contribution in [2.24, 2.45) is 0 Å². The van der Waals surface area contributed by atoms with Gasteiger partial charge in [-0.05, 0) is 42.8 Å². The average molecular weight is 351 g/mol. The van der Waals surface area contributed by atoms with Crippen LogP contribution in [-0.4, -0.2) is 22.8 Å². The number of ether oxygens (including phenoxy) is 1. The standard InChI is InChI=1S/C21H21NO4/c1-2-3-4-13-25-18-11-9-15(10-12-18)19-14-20(26-22-19)16-5-7-17(8-6-16)21(23)24/h5-12,14H,2-4,13H2,1H3,(H,23,24). The molecule has 5 nitrogen and oxygen atoms in total. The largest absolute Gasteiger partial charge is 0.494 e. The molecule has 2 aromatic carbocycles. The topological polar surface area (TPSA) is 72.6 Å². The third kappa shape index (κ3) is 4.30. The van der Waals surface area contributed by atoms with Crippen molar-refractivity contribution in [3.63, 3.8) is 0 Å². The van der Waals surface area contributed by atoms with Gasteiger partial charge in [0.25, 0.3) is 0 Å². The summed E-state index contributed by atoms with van der Waals surface area (Å²) in [6, 6.07) is 16.1.